The number of thioether (sulfide) groups is 2. The maximum Gasteiger partial charge on any atom is 0.266 e. The van der Waals surface area contributed by atoms with Crippen LogP contribution in [0.3, 0.4) is 0 Å². The molecule has 0 spiro atoms. The molecule has 2 saturated heterocycles. The van der Waals surface area contributed by atoms with Gasteiger partial charge in [0.15, 0.2) is 0 Å². The number of thiocarbonyl (C=S) groups is 2. The highest BCUT2D eigenvalue weighted by atomic mass is 32.2. The van der Waals surface area contributed by atoms with Crippen LogP contribution in [-0.2, 0) is 61.0 Å². The number of unbranched alkanes of at least 4 members (excludes halogenated alkanes) is 26. The van der Waals surface area contributed by atoms with Crippen LogP contribution in [0.5, 0.6) is 0 Å². The van der Waals surface area contributed by atoms with Gasteiger partial charge in [0, 0.05) is 132 Å². The number of carbonyl (C=O) groups is 2. The summed E-state index contributed by atoms with van der Waals surface area (Å²) in [5.41, 5.74) is 12.1. The lowest BCUT2D eigenvalue weighted by Crippen LogP contribution is -2.28. The Morgan fingerprint density at radius 1 is 0.288 bits per heavy atom. The number of hydrogen-bond donors (Lipinski definition) is 0. The quantitative estimate of drug-likeness (QED) is 0.0215. The summed E-state index contributed by atoms with van der Waals surface area (Å²) in [6, 6.07) is 30.9. The lowest BCUT2D eigenvalue weighted by atomic mass is 9.92. The van der Waals surface area contributed by atoms with E-state index in [-0.39, 0.29) is 11.8 Å². The Labute approximate surface area is 855 Å². The Balaban J connectivity index is 1.02. The molecule has 2 aliphatic rings. The Morgan fingerprint density at radius 2 is 0.576 bits per heavy atom. The second kappa shape index (κ2) is 54.7. The van der Waals surface area contributed by atoms with Gasteiger partial charge in [0.1, 0.15) is 8.64 Å². The molecule has 11 aromatic rings. The standard InChI is InChI=1S/C114H152N2O2S14/c1-13-25-35-43-53-79-67-97(123-91(79)65-77(23-11)51-33-21-9)103-87-75-95(93-69-81(55-45-37-27-15-3)107(125-93)99-71-83(57-47-39-29-17-5)105(129-99)89-61-59-85(121-89)73-101-111(117)115(113(119)131-101)63-49-41-31-19-7)128-110(87)104(98-68-80(54-44-36-26-14-2)92(124-98)66-78(24-12)52-34-22-10)88-76-96(127-109(88)103)94-70-82(56-46-38-28-16-4)108(126-94)100-72-84(58-48-40-30-18-6)106(130-100)90-62-60-86(122-90)74-102-112(118)116(114(120)132-102)64-50-42-32-20-8/h59-62,67-78H,13-58,63-66H2,1-12H3/b101-73-,102-74-. The number of hydrogen-bond acceptors (Lipinski definition) is 16. The summed E-state index contributed by atoms with van der Waals surface area (Å²) in [7, 11) is 0. The van der Waals surface area contributed by atoms with E-state index in [0.29, 0.717) is 33.6 Å². The third-order valence-corrected chi connectivity index (χ3v) is 42.6. The molecule has 1 aromatic carbocycles. The van der Waals surface area contributed by atoms with Crippen LogP contribution >= 0.6 is 161 Å². The highest BCUT2D eigenvalue weighted by Gasteiger charge is 2.35. The van der Waals surface area contributed by atoms with Crippen molar-refractivity contribution >= 4 is 214 Å². The maximum atomic E-state index is 14.0. The van der Waals surface area contributed by atoms with Gasteiger partial charge in [0.05, 0.1) is 9.81 Å². The third kappa shape index (κ3) is 27.8. The van der Waals surface area contributed by atoms with Crippen LogP contribution in [0.15, 0.2) is 82.6 Å². The minimum atomic E-state index is 0.0659. The zero-order valence-corrected chi connectivity index (χ0v) is 93.5. The maximum absolute atomic E-state index is 14.0. The number of carbonyl (C=O) groups excluding carboxylic acids is 2. The van der Waals surface area contributed by atoms with E-state index in [9.17, 15) is 9.59 Å². The molecule has 714 valence electrons. The van der Waals surface area contributed by atoms with Crippen molar-refractivity contribution in [3.63, 3.8) is 0 Å². The van der Waals surface area contributed by atoms with Crippen LogP contribution in [-0.4, -0.2) is 43.3 Å². The van der Waals surface area contributed by atoms with Gasteiger partial charge in [-0.3, -0.25) is 19.4 Å². The van der Waals surface area contributed by atoms with Gasteiger partial charge >= 0.3 is 0 Å². The fraction of sp³-hybridized carbons (Fsp3) is 0.561. The molecule has 132 heavy (non-hydrogen) atoms. The average Bonchev–Trinajstić information content (AvgIpc) is 1.56. The van der Waals surface area contributed by atoms with Crippen molar-refractivity contribution in [2.24, 2.45) is 11.8 Å². The Kier molecular flexibility index (Phi) is 43.7. The SMILES string of the molecule is CCCCCCc1cc(-c2c3cc(-c4cc(CCCCCC)c(-c5cc(CCCCCC)c(-c6ccc(/C=C7\SC(=S)N(CCCCCC)C7=O)s6)s5)s4)sc3c(-c3cc(CCCCCC)c(CC(CC)CCCC)s3)c3cc(-c4cc(CCCCCC)c(-c5cc(CCCCCC)c(-c6ccc(/C=C7\SC(=S)N(CCCCCC)C7=O)s6)s5)s4)sc23)sc1CC(CC)CCCC. The first-order valence-corrected chi connectivity index (χ1v) is 62.7. The van der Waals surface area contributed by atoms with Crippen molar-refractivity contribution in [1.29, 1.82) is 0 Å². The molecule has 4 nitrogen and oxygen atoms in total. The Bertz CT molecular complexity index is 5170. The monoisotopic (exact) mass is 2030 g/mol. The van der Waals surface area contributed by atoms with E-state index >= 15 is 0 Å². The Hall–Kier alpha value is -3.96. The first-order chi connectivity index (χ1) is 64.6. The van der Waals surface area contributed by atoms with Gasteiger partial charge < -0.3 is 0 Å². The van der Waals surface area contributed by atoms with Crippen molar-refractivity contribution in [2.45, 2.75) is 391 Å². The van der Waals surface area contributed by atoms with E-state index in [1.807, 2.05) is 55.1 Å². The number of amides is 2. The highest BCUT2D eigenvalue weighted by molar-refractivity contribution is 8.27. The van der Waals surface area contributed by atoms with E-state index in [1.165, 1.54) is 389 Å². The first-order valence-electron chi connectivity index (χ1n) is 52.1. The molecular weight excluding hydrogens is 1880 g/mol. The predicted molar refractivity (Wildman–Crippen MR) is 613 cm³/mol. The van der Waals surface area contributed by atoms with Crippen molar-refractivity contribution < 1.29 is 9.59 Å². The predicted octanol–water partition coefficient (Wildman–Crippen LogP) is 41.8. The third-order valence-electron chi connectivity index (χ3n) is 27.2. The van der Waals surface area contributed by atoms with Gasteiger partial charge in [-0.1, -0.05) is 337 Å². The van der Waals surface area contributed by atoms with Gasteiger partial charge in [0.2, 0.25) is 0 Å². The summed E-state index contributed by atoms with van der Waals surface area (Å²) in [5, 5.41) is 2.90. The van der Waals surface area contributed by atoms with Crippen molar-refractivity contribution in [2.75, 3.05) is 13.1 Å². The number of benzene rings is 1. The normalized spacial score (nSPS) is 14.5. The van der Waals surface area contributed by atoms with Crippen LogP contribution in [0.1, 0.15) is 393 Å². The summed E-state index contributed by atoms with van der Waals surface area (Å²) in [6.07, 6.45) is 61.8. The largest absolute Gasteiger partial charge is 0.293 e. The van der Waals surface area contributed by atoms with E-state index in [1.54, 1.807) is 20.9 Å². The zero-order chi connectivity index (χ0) is 92.8. The van der Waals surface area contributed by atoms with Crippen LogP contribution in [0.2, 0.25) is 0 Å². The minimum Gasteiger partial charge on any atom is -0.293 e. The van der Waals surface area contributed by atoms with E-state index < -0.39 is 0 Å². The molecular formula is C114H152N2O2S14. The minimum absolute atomic E-state index is 0.0659. The summed E-state index contributed by atoms with van der Waals surface area (Å²) < 4.78 is 4.32. The number of aryl methyl sites for hydroxylation is 6. The van der Waals surface area contributed by atoms with E-state index in [4.69, 9.17) is 24.4 Å². The summed E-state index contributed by atoms with van der Waals surface area (Å²) >= 11 is 35.2. The van der Waals surface area contributed by atoms with E-state index in [2.05, 4.69) is 236 Å². The second-order valence-electron chi connectivity index (χ2n) is 37.7. The average molecular weight is 2030 g/mol. The van der Waals surface area contributed by atoms with Crippen LogP contribution in [0.25, 0.3) is 112 Å². The molecule has 13 rings (SSSR count). The van der Waals surface area contributed by atoms with Gasteiger partial charge in [-0.15, -0.1) is 113 Å². The second-order valence-corrected chi connectivity index (χ2v) is 51.9. The van der Waals surface area contributed by atoms with Crippen molar-refractivity contribution in [3.05, 3.63) is 135 Å². The topological polar surface area (TPSA) is 40.6 Å². The molecule has 2 amide bonds. The van der Waals surface area contributed by atoms with E-state index in [0.717, 1.165) is 83.8 Å². The molecule has 0 saturated carbocycles. The first kappa shape index (κ1) is 105. The fourth-order valence-electron chi connectivity index (χ4n) is 19.2. The number of fused-ring (bicyclic) bond motifs is 2. The molecule has 0 aliphatic carbocycles. The molecule has 10 aromatic heterocycles. The number of rotatable bonds is 62. The molecule has 0 bridgehead atoms. The van der Waals surface area contributed by atoms with Crippen molar-refractivity contribution in [1.82, 2.24) is 9.80 Å². The molecule has 2 aliphatic heterocycles. The van der Waals surface area contributed by atoms with Gasteiger partial charge in [-0.05, 0) is 233 Å². The van der Waals surface area contributed by atoms with Gasteiger partial charge in [-0.2, -0.15) is 0 Å². The summed E-state index contributed by atoms with van der Waals surface area (Å²) in [5.74, 6) is 1.47. The molecule has 0 radical (unpaired) electrons. The van der Waals surface area contributed by atoms with Crippen LogP contribution in [0, 0.1) is 11.8 Å². The lowest BCUT2D eigenvalue weighted by molar-refractivity contribution is -0.123. The lowest BCUT2D eigenvalue weighted by Gasteiger charge is -2.14. The van der Waals surface area contributed by atoms with Crippen LogP contribution in [0.4, 0.5) is 0 Å². The van der Waals surface area contributed by atoms with Crippen LogP contribution < -0.4 is 0 Å². The Morgan fingerprint density at radius 3 is 0.902 bits per heavy atom. The molecule has 2 atom stereocenters. The van der Waals surface area contributed by atoms with Crippen molar-refractivity contribution in [3.8, 4) is 79.4 Å². The molecule has 0 N–H and O–H groups in total. The fourth-order valence-corrected chi connectivity index (χ4v) is 34.8. The van der Waals surface area contributed by atoms with Gasteiger partial charge in [0.25, 0.3) is 11.8 Å². The molecule has 2 unspecified atom stereocenters. The zero-order valence-electron chi connectivity index (χ0n) is 82.0. The molecule has 12 heterocycles. The van der Waals surface area contributed by atoms with Gasteiger partial charge in [-0.25, -0.2) is 0 Å². The highest BCUT2D eigenvalue weighted by Crippen LogP contribution is 2.59. The smallest absolute Gasteiger partial charge is 0.266 e. The molecule has 2 fully saturated rings. The number of nitrogens with zero attached hydrogens (tertiary/aromatic N) is 2. The summed E-state index contributed by atoms with van der Waals surface area (Å²) in [6.45, 7) is 29.7. The summed E-state index contributed by atoms with van der Waals surface area (Å²) in [4.78, 5) is 58.5. The number of thiophene rings is 10. The molecule has 18 heteroatoms.